The fraction of sp³-hybridized carbons (Fsp3) is 0.154. The van der Waals surface area contributed by atoms with Crippen LogP contribution in [-0.4, -0.2) is 26.5 Å². The molecule has 0 amide bonds. The van der Waals surface area contributed by atoms with E-state index in [1.165, 1.54) is 0 Å². The molecule has 0 saturated carbocycles. The highest BCUT2D eigenvalue weighted by atomic mass is 16.5. The van der Waals surface area contributed by atoms with Crippen molar-refractivity contribution in [3.05, 3.63) is 45.1 Å². The first-order chi connectivity index (χ1) is 9.67. The number of aromatic amines is 3. The first kappa shape index (κ1) is 12.2. The summed E-state index contributed by atoms with van der Waals surface area (Å²) >= 11 is 0. The van der Waals surface area contributed by atoms with Crippen molar-refractivity contribution in [3.8, 4) is 17.1 Å². The molecular formula is C13H12N4O3. The summed E-state index contributed by atoms with van der Waals surface area (Å²) in [5.41, 5.74) is 0.210. The molecule has 0 aliphatic rings. The first-order valence-electron chi connectivity index (χ1n) is 6.13. The maximum atomic E-state index is 11.6. The van der Waals surface area contributed by atoms with Gasteiger partial charge in [-0.1, -0.05) is 0 Å². The van der Waals surface area contributed by atoms with Crippen molar-refractivity contribution in [3.63, 3.8) is 0 Å². The third kappa shape index (κ3) is 2.09. The van der Waals surface area contributed by atoms with Crippen LogP contribution in [0.2, 0.25) is 0 Å². The Kier molecular flexibility index (Phi) is 2.86. The van der Waals surface area contributed by atoms with Crippen molar-refractivity contribution in [1.82, 2.24) is 19.9 Å². The Hall–Kier alpha value is -2.83. The Labute approximate surface area is 112 Å². The zero-order valence-electron chi connectivity index (χ0n) is 10.7. The zero-order chi connectivity index (χ0) is 14.1. The van der Waals surface area contributed by atoms with E-state index in [0.29, 0.717) is 12.4 Å². The predicted molar refractivity (Wildman–Crippen MR) is 73.9 cm³/mol. The molecule has 0 atom stereocenters. The molecule has 2 heterocycles. The van der Waals surface area contributed by atoms with Gasteiger partial charge in [-0.25, -0.2) is 9.78 Å². The molecule has 3 aromatic rings. The monoisotopic (exact) mass is 272 g/mol. The van der Waals surface area contributed by atoms with E-state index in [1.54, 1.807) is 0 Å². The lowest BCUT2D eigenvalue weighted by Crippen LogP contribution is -2.21. The Morgan fingerprint density at radius 1 is 1.10 bits per heavy atom. The molecule has 0 aliphatic carbocycles. The van der Waals surface area contributed by atoms with Crippen LogP contribution >= 0.6 is 0 Å². The third-order valence-electron chi connectivity index (χ3n) is 2.83. The summed E-state index contributed by atoms with van der Waals surface area (Å²) in [6.07, 6.45) is 0. The summed E-state index contributed by atoms with van der Waals surface area (Å²) in [6, 6.07) is 7.29. The zero-order valence-corrected chi connectivity index (χ0v) is 10.7. The second-order valence-corrected chi connectivity index (χ2v) is 4.17. The van der Waals surface area contributed by atoms with Crippen LogP contribution in [0.25, 0.3) is 22.6 Å². The number of nitrogens with zero attached hydrogens (tertiary/aromatic N) is 1. The number of fused-ring (bicyclic) bond motifs is 1. The Balaban J connectivity index is 2.08. The predicted octanol–water partition coefficient (Wildman–Crippen LogP) is 1.01. The first-order valence-corrected chi connectivity index (χ1v) is 6.13. The van der Waals surface area contributed by atoms with Gasteiger partial charge in [-0.15, -0.1) is 0 Å². The van der Waals surface area contributed by atoms with Crippen molar-refractivity contribution in [2.45, 2.75) is 6.92 Å². The highest BCUT2D eigenvalue weighted by Crippen LogP contribution is 2.20. The number of aromatic nitrogens is 4. The molecule has 3 N–H and O–H groups in total. The van der Waals surface area contributed by atoms with Crippen LogP contribution in [0.1, 0.15) is 6.92 Å². The maximum absolute atomic E-state index is 11.6. The van der Waals surface area contributed by atoms with E-state index >= 15 is 0 Å². The molecule has 1 aromatic carbocycles. The molecule has 0 spiro atoms. The number of hydrogen-bond acceptors (Lipinski definition) is 4. The van der Waals surface area contributed by atoms with E-state index in [1.807, 2.05) is 31.2 Å². The van der Waals surface area contributed by atoms with Crippen molar-refractivity contribution >= 4 is 11.2 Å². The number of imidazole rings is 1. The number of rotatable bonds is 3. The van der Waals surface area contributed by atoms with Crippen LogP contribution < -0.4 is 16.0 Å². The second kappa shape index (κ2) is 4.69. The van der Waals surface area contributed by atoms with E-state index in [9.17, 15) is 9.59 Å². The summed E-state index contributed by atoms with van der Waals surface area (Å²) in [5.74, 6) is 1.27. The Morgan fingerprint density at radius 3 is 2.55 bits per heavy atom. The molecule has 3 rings (SSSR count). The molecule has 0 radical (unpaired) electrons. The van der Waals surface area contributed by atoms with Crippen LogP contribution in [0.3, 0.4) is 0 Å². The lowest BCUT2D eigenvalue weighted by Gasteiger charge is -2.02. The minimum Gasteiger partial charge on any atom is -0.494 e. The molecule has 2 aromatic heterocycles. The van der Waals surface area contributed by atoms with Crippen LogP contribution in [0.5, 0.6) is 5.75 Å². The smallest absolute Gasteiger partial charge is 0.327 e. The minimum absolute atomic E-state index is 0.239. The van der Waals surface area contributed by atoms with E-state index in [2.05, 4.69) is 19.9 Å². The van der Waals surface area contributed by atoms with Gasteiger partial charge in [-0.2, -0.15) is 0 Å². The molecule has 0 fully saturated rings. The molecule has 7 heteroatoms. The number of nitrogens with one attached hydrogen (secondary N) is 3. The van der Waals surface area contributed by atoms with Gasteiger partial charge in [-0.3, -0.25) is 14.8 Å². The highest BCUT2D eigenvalue weighted by Gasteiger charge is 2.09. The maximum Gasteiger partial charge on any atom is 0.327 e. The van der Waals surface area contributed by atoms with E-state index in [0.717, 1.165) is 11.3 Å². The van der Waals surface area contributed by atoms with Crippen LogP contribution in [0.15, 0.2) is 33.9 Å². The summed E-state index contributed by atoms with van der Waals surface area (Å²) in [6.45, 7) is 2.51. The average Bonchev–Trinajstić information content (AvgIpc) is 2.84. The Bertz CT molecular complexity index is 858. The molecule has 20 heavy (non-hydrogen) atoms. The number of hydrogen-bond donors (Lipinski definition) is 3. The largest absolute Gasteiger partial charge is 0.494 e. The van der Waals surface area contributed by atoms with Crippen molar-refractivity contribution < 1.29 is 4.74 Å². The van der Waals surface area contributed by atoms with Crippen LogP contribution in [0, 0.1) is 0 Å². The molecule has 102 valence electrons. The van der Waals surface area contributed by atoms with Crippen molar-refractivity contribution in [1.29, 1.82) is 0 Å². The van der Waals surface area contributed by atoms with Gasteiger partial charge in [0.15, 0.2) is 5.65 Å². The molecule has 7 nitrogen and oxygen atoms in total. The van der Waals surface area contributed by atoms with Gasteiger partial charge in [-0.05, 0) is 31.2 Å². The van der Waals surface area contributed by atoms with Gasteiger partial charge in [0.2, 0.25) is 0 Å². The van der Waals surface area contributed by atoms with E-state index in [-0.39, 0.29) is 11.2 Å². The van der Waals surface area contributed by atoms with Gasteiger partial charge in [0, 0.05) is 5.56 Å². The average molecular weight is 272 g/mol. The van der Waals surface area contributed by atoms with Gasteiger partial charge >= 0.3 is 5.69 Å². The topological polar surface area (TPSA) is 104 Å². The van der Waals surface area contributed by atoms with Crippen LogP contribution in [0.4, 0.5) is 0 Å². The molecule has 0 aliphatic heterocycles. The van der Waals surface area contributed by atoms with Gasteiger partial charge < -0.3 is 9.72 Å². The minimum atomic E-state index is -0.577. The van der Waals surface area contributed by atoms with Gasteiger partial charge in [0.1, 0.15) is 17.1 Å². The normalized spacial score (nSPS) is 10.8. The Morgan fingerprint density at radius 2 is 1.85 bits per heavy atom. The summed E-state index contributed by atoms with van der Waals surface area (Å²) in [7, 11) is 0. The quantitative estimate of drug-likeness (QED) is 0.661. The fourth-order valence-corrected chi connectivity index (χ4v) is 1.94. The van der Waals surface area contributed by atoms with Gasteiger partial charge in [0.25, 0.3) is 5.56 Å². The molecule has 0 saturated heterocycles. The second-order valence-electron chi connectivity index (χ2n) is 4.17. The summed E-state index contributed by atoms with van der Waals surface area (Å²) in [5, 5.41) is 0. The molecular weight excluding hydrogens is 260 g/mol. The van der Waals surface area contributed by atoms with E-state index in [4.69, 9.17) is 4.74 Å². The number of benzene rings is 1. The summed E-state index contributed by atoms with van der Waals surface area (Å²) in [4.78, 5) is 34.5. The number of H-pyrrole nitrogens is 3. The van der Waals surface area contributed by atoms with E-state index < -0.39 is 11.2 Å². The van der Waals surface area contributed by atoms with Gasteiger partial charge in [0.05, 0.1) is 6.61 Å². The third-order valence-corrected chi connectivity index (χ3v) is 2.83. The highest BCUT2D eigenvalue weighted by molar-refractivity contribution is 5.74. The molecule has 0 unspecified atom stereocenters. The van der Waals surface area contributed by atoms with Crippen LogP contribution in [-0.2, 0) is 0 Å². The molecule has 0 bridgehead atoms. The van der Waals surface area contributed by atoms with Crippen molar-refractivity contribution in [2.75, 3.05) is 6.61 Å². The fourth-order valence-electron chi connectivity index (χ4n) is 1.94. The SMILES string of the molecule is CCOc1ccc(-c2nc3[nH]c(=O)[nH]c(=O)c3[nH]2)cc1. The lowest BCUT2D eigenvalue weighted by molar-refractivity contribution is 0.340. The lowest BCUT2D eigenvalue weighted by atomic mass is 10.2. The summed E-state index contributed by atoms with van der Waals surface area (Å²) < 4.78 is 5.36. The van der Waals surface area contributed by atoms with Crippen molar-refractivity contribution in [2.24, 2.45) is 0 Å². The standard InChI is InChI=1S/C13H12N4O3/c1-2-20-8-5-3-7(4-6-8)10-14-9-11(15-10)16-13(19)17-12(9)18/h3-6H,2H2,1H3,(H3,14,15,16,17,18,19). The number of ether oxygens (including phenoxy) is 1.